The molecule has 0 saturated heterocycles. The molecule has 0 radical (unpaired) electrons. The van der Waals surface area contributed by atoms with Crippen LogP contribution in [0.25, 0.3) is 6.08 Å². The van der Waals surface area contributed by atoms with Crippen molar-refractivity contribution in [3.63, 3.8) is 0 Å². The van der Waals surface area contributed by atoms with Crippen molar-refractivity contribution < 1.29 is 8.42 Å². The molecular formula is C9H11NO2S. The lowest BCUT2D eigenvalue weighted by Crippen LogP contribution is -1.96. The van der Waals surface area contributed by atoms with Gasteiger partial charge in [0, 0.05) is 17.8 Å². The van der Waals surface area contributed by atoms with Crippen molar-refractivity contribution in [2.24, 2.45) is 0 Å². The van der Waals surface area contributed by atoms with E-state index < -0.39 is 9.84 Å². The van der Waals surface area contributed by atoms with Gasteiger partial charge in [0.05, 0.1) is 5.75 Å². The van der Waals surface area contributed by atoms with E-state index in [0.29, 0.717) is 0 Å². The van der Waals surface area contributed by atoms with Gasteiger partial charge in [-0.1, -0.05) is 6.92 Å². The molecule has 70 valence electrons. The van der Waals surface area contributed by atoms with Crippen LogP contribution in [-0.4, -0.2) is 19.2 Å². The monoisotopic (exact) mass is 197 g/mol. The van der Waals surface area contributed by atoms with Crippen molar-refractivity contribution in [1.82, 2.24) is 4.98 Å². The molecule has 1 aromatic rings. The first-order valence-electron chi connectivity index (χ1n) is 3.95. The Morgan fingerprint density at radius 3 is 2.54 bits per heavy atom. The van der Waals surface area contributed by atoms with Gasteiger partial charge in [-0.05, 0) is 23.8 Å². The minimum Gasteiger partial charge on any atom is -0.265 e. The molecule has 0 unspecified atom stereocenters. The summed E-state index contributed by atoms with van der Waals surface area (Å²) in [5.74, 6) is 0.134. The summed E-state index contributed by atoms with van der Waals surface area (Å²) in [6.45, 7) is 1.62. The van der Waals surface area contributed by atoms with Crippen LogP contribution in [0.5, 0.6) is 0 Å². The third-order valence-electron chi connectivity index (χ3n) is 1.58. The predicted molar refractivity (Wildman–Crippen MR) is 52.7 cm³/mol. The van der Waals surface area contributed by atoms with Crippen LogP contribution in [-0.2, 0) is 9.84 Å². The maximum atomic E-state index is 11.1. The summed E-state index contributed by atoms with van der Waals surface area (Å²) in [7, 11) is -3.02. The Morgan fingerprint density at radius 2 is 2.00 bits per heavy atom. The Kier molecular flexibility index (Phi) is 3.19. The number of rotatable bonds is 3. The fraction of sp³-hybridized carbons (Fsp3) is 0.222. The van der Waals surface area contributed by atoms with Crippen LogP contribution >= 0.6 is 0 Å². The predicted octanol–water partition coefficient (Wildman–Crippen LogP) is 1.49. The third-order valence-corrected chi connectivity index (χ3v) is 2.93. The highest BCUT2D eigenvalue weighted by Crippen LogP contribution is 2.02. The largest absolute Gasteiger partial charge is 0.265 e. The molecule has 0 amide bonds. The van der Waals surface area contributed by atoms with Crippen molar-refractivity contribution in [1.29, 1.82) is 0 Å². The summed E-state index contributed by atoms with van der Waals surface area (Å²) in [4.78, 5) is 3.83. The first-order valence-corrected chi connectivity index (χ1v) is 5.66. The van der Waals surface area contributed by atoms with E-state index in [9.17, 15) is 8.42 Å². The van der Waals surface area contributed by atoms with Gasteiger partial charge in [-0.2, -0.15) is 0 Å². The molecule has 0 N–H and O–H groups in total. The molecule has 4 heteroatoms. The van der Waals surface area contributed by atoms with E-state index in [1.54, 1.807) is 37.5 Å². The lowest BCUT2D eigenvalue weighted by Gasteiger charge is -1.92. The lowest BCUT2D eigenvalue weighted by molar-refractivity contribution is 0.606. The van der Waals surface area contributed by atoms with Crippen molar-refractivity contribution >= 4 is 15.9 Å². The number of hydrogen-bond acceptors (Lipinski definition) is 3. The molecule has 1 aromatic heterocycles. The molecule has 0 aliphatic carbocycles. The molecule has 0 bridgehead atoms. The van der Waals surface area contributed by atoms with Crippen LogP contribution in [0.4, 0.5) is 0 Å². The van der Waals surface area contributed by atoms with Crippen molar-refractivity contribution in [2.75, 3.05) is 5.75 Å². The molecule has 0 fully saturated rings. The van der Waals surface area contributed by atoms with E-state index in [1.807, 2.05) is 0 Å². The molecule has 1 rings (SSSR count). The number of nitrogens with zero attached hydrogens (tertiary/aromatic N) is 1. The van der Waals surface area contributed by atoms with Gasteiger partial charge in [0.2, 0.25) is 0 Å². The summed E-state index contributed by atoms with van der Waals surface area (Å²) < 4.78 is 22.1. The number of pyridine rings is 1. The number of aromatic nitrogens is 1. The highest BCUT2D eigenvalue weighted by molar-refractivity contribution is 7.94. The van der Waals surface area contributed by atoms with Crippen molar-refractivity contribution in [3.8, 4) is 0 Å². The summed E-state index contributed by atoms with van der Waals surface area (Å²) in [6, 6.07) is 3.50. The zero-order valence-electron chi connectivity index (χ0n) is 7.34. The SMILES string of the molecule is CCS(=O)(=O)/C=C\c1ccncc1. The van der Waals surface area contributed by atoms with E-state index in [1.165, 1.54) is 5.41 Å². The van der Waals surface area contributed by atoms with Crippen LogP contribution in [0.2, 0.25) is 0 Å². The van der Waals surface area contributed by atoms with Crippen LogP contribution in [0.15, 0.2) is 29.9 Å². The highest BCUT2D eigenvalue weighted by Gasteiger charge is 1.99. The molecule has 3 nitrogen and oxygen atoms in total. The first kappa shape index (κ1) is 9.92. The van der Waals surface area contributed by atoms with E-state index in [2.05, 4.69) is 4.98 Å². The summed E-state index contributed by atoms with van der Waals surface area (Å²) in [5.41, 5.74) is 0.840. The molecule has 0 atom stereocenters. The van der Waals surface area contributed by atoms with Gasteiger partial charge in [-0.25, -0.2) is 8.42 Å². The maximum absolute atomic E-state index is 11.1. The fourth-order valence-electron chi connectivity index (χ4n) is 0.753. The van der Waals surface area contributed by atoms with Gasteiger partial charge in [0.1, 0.15) is 0 Å². The molecule has 0 saturated carbocycles. The van der Waals surface area contributed by atoms with Gasteiger partial charge >= 0.3 is 0 Å². The van der Waals surface area contributed by atoms with Gasteiger partial charge in [-0.15, -0.1) is 0 Å². The van der Waals surface area contributed by atoms with Gasteiger partial charge in [0.25, 0.3) is 0 Å². The minimum absolute atomic E-state index is 0.134. The Hall–Kier alpha value is -1.16. The molecule has 0 aliphatic rings. The topological polar surface area (TPSA) is 47.0 Å². The van der Waals surface area contributed by atoms with E-state index in [4.69, 9.17) is 0 Å². The highest BCUT2D eigenvalue weighted by atomic mass is 32.2. The molecule has 0 aromatic carbocycles. The Bertz CT molecular complexity index is 381. The first-order chi connectivity index (χ1) is 6.14. The average Bonchev–Trinajstić information content (AvgIpc) is 2.17. The van der Waals surface area contributed by atoms with E-state index in [0.717, 1.165) is 5.56 Å². The zero-order valence-corrected chi connectivity index (χ0v) is 8.16. The zero-order chi connectivity index (χ0) is 9.73. The summed E-state index contributed by atoms with van der Waals surface area (Å²) >= 11 is 0. The second kappa shape index (κ2) is 4.18. The smallest absolute Gasteiger partial charge is 0.171 e. The fourth-order valence-corrected chi connectivity index (χ4v) is 1.31. The Morgan fingerprint density at radius 1 is 1.38 bits per heavy atom. The number of hydrogen-bond donors (Lipinski definition) is 0. The standard InChI is InChI=1S/C9H11NO2S/c1-2-13(11,12)8-5-9-3-6-10-7-4-9/h3-8H,2H2,1H3/b8-5-. The van der Waals surface area contributed by atoms with Gasteiger partial charge in [0.15, 0.2) is 9.84 Å². The molecule has 13 heavy (non-hydrogen) atoms. The second-order valence-corrected chi connectivity index (χ2v) is 4.71. The molecular weight excluding hydrogens is 186 g/mol. The molecule has 0 aliphatic heterocycles. The van der Waals surface area contributed by atoms with Crippen LogP contribution in [0, 0.1) is 0 Å². The van der Waals surface area contributed by atoms with Crippen molar-refractivity contribution in [2.45, 2.75) is 6.92 Å². The summed E-state index contributed by atoms with van der Waals surface area (Å²) in [6.07, 6.45) is 4.82. The van der Waals surface area contributed by atoms with Gasteiger partial charge < -0.3 is 0 Å². The summed E-state index contributed by atoms with van der Waals surface area (Å²) in [5, 5.41) is 1.22. The molecule has 0 spiro atoms. The Balaban J connectivity index is 2.82. The quantitative estimate of drug-likeness (QED) is 0.737. The van der Waals surface area contributed by atoms with E-state index >= 15 is 0 Å². The maximum Gasteiger partial charge on any atom is 0.171 e. The third kappa shape index (κ3) is 3.38. The van der Waals surface area contributed by atoms with Crippen LogP contribution in [0.1, 0.15) is 12.5 Å². The van der Waals surface area contributed by atoms with E-state index in [-0.39, 0.29) is 5.75 Å². The van der Waals surface area contributed by atoms with Gasteiger partial charge in [-0.3, -0.25) is 4.98 Å². The molecule has 1 heterocycles. The minimum atomic E-state index is -3.02. The van der Waals surface area contributed by atoms with Crippen molar-refractivity contribution in [3.05, 3.63) is 35.5 Å². The normalized spacial score (nSPS) is 12.1. The lowest BCUT2D eigenvalue weighted by atomic mass is 10.3. The van der Waals surface area contributed by atoms with Crippen LogP contribution < -0.4 is 0 Å². The second-order valence-electron chi connectivity index (χ2n) is 2.53. The average molecular weight is 197 g/mol. The number of sulfone groups is 1. The van der Waals surface area contributed by atoms with Crippen LogP contribution in [0.3, 0.4) is 0 Å². The Labute approximate surface area is 78.0 Å².